The molecule has 0 aliphatic carbocycles. The highest BCUT2D eigenvalue weighted by Crippen LogP contribution is 2.41. The van der Waals surface area contributed by atoms with Crippen LogP contribution >= 0.6 is 0 Å². The average Bonchev–Trinajstić information content (AvgIpc) is 2.84. The lowest BCUT2D eigenvalue weighted by Gasteiger charge is -2.42. The molecular formula is C26H40N2O6. The molecule has 2 atom stereocenters. The van der Waals surface area contributed by atoms with Crippen LogP contribution in [-0.2, 0) is 9.47 Å². The largest absolute Gasteiger partial charge is 0.459 e. The first-order chi connectivity index (χ1) is 15.5. The molecule has 2 fully saturated rings. The normalized spacial score (nSPS) is 28.2. The van der Waals surface area contributed by atoms with E-state index in [4.69, 9.17) is 9.47 Å². The number of carbonyl (C=O) groups excluding carboxylic acids is 2. The summed E-state index contributed by atoms with van der Waals surface area (Å²) in [5.74, 6) is -0.959. The molecule has 2 saturated heterocycles. The molecule has 0 amide bonds. The molecule has 1 aromatic carbocycles. The molecule has 8 nitrogen and oxygen atoms in total. The first-order valence-electron chi connectivity index (χ1n) is 12.0. The first-order valence-corrected chi connectivity index (χ1v) is 12.0. The zero-order valence-corrected chi connectivity index (χ0v) is 21.7. The third kappa shape index (κ3) is 5.15. The molecule has 2 unspecified atom stereocenters. The van der Waals surface area contributed by atoms with Crippen LogP contribution < -0.4 is 0 Å². The van der Waals surface area contributed by atoms with Crippen LogP contribution in [0.4, 0.5) is 0 Å². The third-order valence-corrected chi connectivity index (χ3v) is 7.42. The second-order valence-corrected chi connectivity index (χ2v) is 12.2. The fourth-order valence-electron chi connectivity index (χ4n) is 5.34. The number of carbonyl (C=O) groups is 2. The third-order valence-electron chi connectivity index (χ3n) is 7.42. The molecule has 0 radical (unpaired) electrons. The molecule has 3 rings (SSSR count). The van der Waals surface area contributed by atoms with Gasteiger partial charge in [-0.1, -0.05) is 0 Å². The zero-order chi connectivity index (χ0) is 25.7. The number of benzene rings is 1. The van der Waals surface area contributed by atoms with Crippen LogP contribution in [0.5, 0.6) is 0 Å². The maximum atomic E-state index is 12.8. The minimum absolute atomic E-state index is 0.321. The van der Waals surface area contributed by atoms with Crippen LogP contribution in [0.1, 0.15) is 102 Å². The Morgan fingerprint density at radius 2 is 1.24 bits per heavy atom. The van der Waals surface area contributed by atoms with E-state index in [9.17, 15) is 20.0 Å². The van der Waals surface area contributed by atoms with E-state index in [2.05, 4.69) is 0 Å². The molecule has 34 heavy (non-hydrogen) atoms. The highest BCUT2D eigenvalue weighted by Gasteiger charge is 2.53. The van der Waals surface area contributed by atoms with Gasteiger partial charge in [0, 0.05) is 29.5 Å². The van der Waals surface area contributed by atoms with E-state index in [0.717, 1.165) is 0 Å². The summed E-state index contributed by atoms with van der Waals surface area (Å²) in [7, 11) is 0. The molecule has 0 aromatic heterocycles. The van der Waals surface area contributed by atoms with E-state index < -0.39 is 40.2 Å². The SMILES string of the molecule is CC1(C)CCC(OC(=O)c2ccc(C(=O)OC3CC(C)(C)N(O)C3(C)C)cc2)CC(C)(C)N1O. The Morgan fingerprint density at radius 1 is 0.765 bits per heavy atom. The zero-order valence-electron chi connectivity index (χ0n) is 21.7. The Labute approximate surface area is 202 Å². The van der Waals surface area contributed by atoms with Crippen LogP contribution in [0.25, 0.3) is 0 Å². The van der Waals surface area contributed by atoms with E-state index in [1.807, 2.05) is 55.4 Å². The predicted octanol–water partition coefficient (Wildman–Crippen LogP) is 4.82. The number of esters is 2. The molecule has 0 saturated carbocycles. The van der Waals surface area contributed by atoms with Gasteiger partial charge in [0.2, 0.25) is 0 Å². The number of ether oxygens (including phenoxy) is 2. The molecule has 190 valence electrons. The average molecular weight is 477 g/mol. The Kier molecular flexibility index (Phi) is 6.96. The van der Waals surface area contributed by atoms with Gasteiger partial charge in [-0.25, -0.2) is 9.59 Å². The van der Waals surface area contributed by atoms with Gasteiger partial charge in [-0.05, 0) is 92.5 Å². The maximum Gasteiger partial charge on any atom is 0.338 e. The van der Waals surface area contributed by atoms with Crippen LogP contribution in [0, 0.1) is 0 Å². The van der Waals surface area contributed by atoms with Crippen molar-refractivity contribution >= 4 is 11.9 Å². The van der Waals surface area contributed by atoms with E-state index in [0.29, 0.717) is 36.8 Å². The van der Waals surface area contributed by atoms with Gasteiger partial charge >= 0.3 is 11.9 Å². The lowest BCUT2D eigenvalue weighted by Crippen LogP contribution is -2.52. The Balaban J connectivity index is 1.64. The quantitative estimate of drug-likeness (QED) is 0.597. The smallest absolute Gasteiger partial charge is 0.338 e. The molecule has 2 N–H and O–H groups in total. The highest BCUT2D eigenvalue weighted by molar-refractivity contribution is 5.93. The number of hydrogen-bond donors (Lipinski definition) is 2. The summed E-state index contributed by atoms with van der Waals surface area (Å²) in [5.41, 5.74) is -1.49. The first kappa shape index (κ1) is 26.6. The van der Waals surface area contributed by atoms with Crippen molar-refractivity contribution in [2.45, 2.75) is 115 Å². The molecule has 2 heterocycles. The van der Waals surface area contributed by atoms with Gasteiger partial charge in [0.1, 0.15) is 12.2 Å². The molecule has 2 aliphatic heterocycles. The molecule has 0 spiro atoms. The fourth-order valence-corrected chi connectivity index (χ4v) is 5.34. The molecule has 1 aromatic rings. The second kappa shape index (κ2) is 8.90. The van der Waals surface area contributed by atoms with Gasteiger partial charge in [0.05, 0.1) is 16.7 Å². The van der Waals surface area contributed by atoms with Crippen LogP contribution in [-0.4, -0.2) is 66.8 Å². The van der Waals surface area contributed by atoms with Crippen molar-refractivity contribution in [3.63, 3.8) is 0 Å². The van der Waals surface area contributed by atoms with Crippen molar-refractivity contribution in [2.75, 3.05) is 0 Å². The van der Waals surface area contributed by atoms with E-state index in [1.165, 1.54) is 10.1 Å². The topological polar surface area (TPSA) is 99.5 Å². The van der Waals surface area contributed by atoms with Gasteiger partial charge in [-0.3, -0.25) is 0 Å². The molecule has 0 bridgehead atoms. The van der Waals surface area contributed by atoms with Gasteiger partial charge < -0.3 is 19.9 Å². The van der Waals surface area contributed by atoms with Crippen molar-refractivity contribution in [3.8, 4) is 0 Å². The summed E-state index contributed by atoms with van der Waals surface area (Å²) in [5, 5.41) is 23.7. The van der Waals surface area contributed by atoms with E-state index in [-0.39, 0.29) is 6.10 Å². The van der Waals surface area contributed by atoms with Crippen molar-refractivity contribution in [1.29, 1.82) is 0 Å². The van der Waals surface area contributed by atoms with Crippen LogP contribution in [0.3, 0.4) is 0 Å². The van der Waals surface area contributed by atoms with E-state index in [1.54, 1.807) is 24.3 Å². The van der Waals surface area contributed by atoms with Crippen molar-refractivity contribution in [3.05, 3.63) is 35.4 Å². The number of rotatable bonds is 4. The number of hydrogen-bond acceptors (Lipinski definition) is 8. The van der Waals surface area contributed by atoms with Gasteiger partial charge in [0.25, 0.3) is 0 Å². The standard InChI is InChI=1S/C26H40N2O6/c1-23(2)14-13-19(15-24(3,4)27(23)31)33-21(29)17-9-11-18(12-10-17)22(30)34-20-16-25(5,6)28(32)26(20,7)8/h9-12,19-20,31-32H,13-16H2,1-8H3. The Hall–Kier alpha value is -2.00. The second-order valence-electron chi connectivity index (χ2n) is 12.2. The summed E-state index contributed by atoms with van der Waals surface area (Å²) in [4.78, 5) is 25.5. The highest BCUT2D eigenvalue weighted by atomic mass is 16.6. The van der Waals surface area contributed by atoms with Crippen LogP contribution in [0.15, 0.2) is 24.3 Å². The Bertz CT molecular complexity index is 922. The number of hydroxylamine groups is 4. The monoisotopic (exact) mass is 476 g/mol. The summed E-state index contributed by atoms with van der Waals surface area (Å²) >= 11 is 0. The lowest BCUT2D eigenvalue weighted by molar-refractivity contribution is -0.222. The summed E-state index contributed by atoms with van der Waals surface area (Å²) in [6, 6.07) is 6.23. The minimum atomic E-state index is -0.714. The van der Waals surface area contributed by atoms with Gasteiger partial charge in [0.15, 0.2) is 0 Å². The van der Waals surface area contributed by atoms with Crippen molar-refractivity contribution in [1.82, 2.24) is 10.1 Å². The minimum Gasteiger partial charge on any atom is -0.459 e. The maximum absolute atomic E-state index is 12.8. The lowest BCUT2D eigenvalue weighted by atomic mass is 9.95. The van der Waals surface area contributed by atoms with E-state index >= 15 is 0 Å². The Morgan fingerprint density at radius 3 is 1.71 bits per heavy atom. The van der Waals surface area contributed by atoms with Crippen molar-refractivity contribution in [2.24, 2.45) is 0 Å². The summed E-state index contributed by atoms with van der Waals surface area (Å²) in [6.07, 6.45) is 1.57. The van der Waals surface area contributed by atoms with Crippen LogP contribution in [0.2, 0.25) is 0 Å². The fraction of sp³-hybridized carbons (Fsp3) is 0.692. The summed E-state index contributed by atoms with van der Waals surface area (Å²) in [6.45, 7) is 15.3. The van der Waals surface area contributed by atoms with Gasteiger partial charge in [-0.15, -0.1) is 0 Å². The summed E-state index contributed by atoms with van der Waals surface area (Å²) < 4.78 is 11.5. The van der Waals surface area contributed by atoms with Crippen molar-refractivity contribution < 1.29 is 29.5 Å². The molecule has 8 heteroatoms. The van der Waals surface area contributed by atoms with Gasteiger partial charge in [-0.2, -0.15) is 10.1 Å². The predicted molar refractivity (Wildman–Crippen MR) is 127 cm³/mol. The molecular weight excluding hydrogens is 436 g/mol. The molecule has 2 aliphatic rings. The number of nitrogens with zero attached hydrogens (tertiary/aromatic N) is 2.